The van der Waals surface area contributed by atoms with E-state index in [4.69, 9.17) is 27.9 Å². The van der Waals surface area contributed by atoms with Gasteiger partial charge < -0.3 is 10.1 Å². The third-order valence-electron chi connectivity index (χ3n) is 3.27. The van der Waals surface area contributed by atoms with E-state index in [1.165, 1.54) is 6.07 Å². The van der Waals surface area contributed by atoms with Gasteiger partial charge in [0.1, 0.15) is 18.2 Å². The van der Waals surface area contributed by atoms with Crippen LogP contribution in [0.1, 0.15) is 24.1 Å². The van der Waals surface area contributed by atoms with Gasteiger partial charge in [-0.05, 0) is 49.4 Å². The van der Waals surface area contributed by atoms with Crippen molar-refractivity contribution >= 4 is 23.2 Å². The van der Waals surface area contributed by atoms with Gasteiger partial charge in [0, 0.05) is 6.04 Å². The van der Waals surface area contributed by atoms with E-state index in [0.29, 0.717) is 10.8 Å². The molecule has 2 aromatic rings. The maximum absolute atomic E-state index is 13.1. The largest absolute Gasteiger partial charge is 0.487 e. The molecule has 2 rings (SSSR count). The van der Waals surface area contributed by atoms with Crippen molar-refractivity contribution in [2.45, 2.75) is 19.6 Å². The summed E-state index contributed by atoms with van der Waals surface area (Å²) >= 11 is 11.9. The SMILES string of the molecule is CNC(C)c1ccc(OCc2ccc(F)c(Cl)c2)c(Cl)c1. The zero-order valence-electron chi connectivity index (χ0n) is 11.8. The second-order valence-corrected chi connectivity index (χ2v) is 5.55. The van der Waals surface area contributed by atoms with E-state index in [1.807, 2.05) is 32.2 Å². The molecule has 0 saturated heterocycles. The third-order valence-corrected chi connectivity index (χ3v) is 3.85. The molecule has 2 aromatic carbocycles. The minimum absolute atomic E-state index is 0.0837. The Morgan fingerprint density at radius 3 is 2.52 bits per heavy atom. The topological polar surface area (TPSA) is 21.3 Å². The van der Waals surface area contributed by atoms with Crippen molar-refractivity contribution < 1.29 is 9.13 Å². The molecule has 0 fully saturated rings. The molecule has 1 N–H and O–H groups in total. The van der Waals surface area contributed by atoms with E-state index in [0.717, 1.165) is 11.1 Å². The number of halogens is 3. The number of hydrogen-bond acceptors (Lipinski definition) is 2. The minimum Gasteiger partial charge on any atom is -0.487 e. The van der Waals surface area contributed by atoms with E-state index >= 15 is 0 Å². The van der Waals surface area contributed by atoms with Crippen LogP contribution in [-0.2, 0) is 6.61 Å². The molecule has 0 saturated carbocycles. The molecular weight excluding hydrogens is 312 g/mol. The Bertz CT molecular complexity index is 634. The molecule has 112 valence electrons. The quantitative estimate of drug-likeness (QED) is 0.835. The van der Waals surface area contributed by atoms with E-state index in [1.54, 1.807) is 12.1 Å². The van der Waals surface area contributed by atoms with E-state index < -0.39 is 5.82 Å². The molecule has 0 aliphatic carbocycles. The predicted octanol–water partition coefficient (Wildman–Crippen LogP) is 4.99. The standard InChI is InChI=1S/C16H16Cl2FNO/c1-10(20-2)12-4-6-16(14(18)8-12)21-9-11-3-5-15(19)13(17)7-11/h3-8,10,20H,9H2,1-2H3. The van der Waals surface area contributed by atoms with Gasteiger partial charge in [-0.15, -0.1) is 0 Å². The first-order valence-electron chi connectivity index (χ1n) is 6.54. The monoisotopic (exact) mass is 327 g/mol. The molecule has 2 nitrogen and oxygen atoms in total. The number of benzene rings is 2. The van der Waals surface area contributed by atoms with E-state index in [-0.39, 0.29) is 17.7 Å². The zero-order valence-corrected chi connectivity index (χ0v) is 13.3. The summed E-state index contributed by atoms with van der Waals surface area (Å²) in [5.74, 6) is 0.146. The van der Waals surface area contributed by atoms with Crippen molar-refractivity contribution in [3.8, 4) is 5.75 Å². The van der Waals surface area contributed by atoms with Crippen molar-refractivity contribution in [2.24, 2.45) is 0 Å². The van der Waals surface area contributed by atoms with Crippen molar-refractivity contribution in [1.29, 1.82) is 0 Å². The Labute approximate surface area is 133 Å². The van der Waals surface area contributed by atoms with Crippen LogP contribution in [0.5, 0.6) is 5.75 Å². The molecule has 0 aliphatic heterocycles. The molecular formula is C16H16Cl2FNO. The van der Waals surface area contributed by atoms with Crippen LogP contribution in [0.25, 0.3) is 0 Å². The molecule has 1 unspecified atom stereocenters. The van der Waals surface area contributed by atoms with Crippen molar-refractivity contribution in [1.82, 2.24) is 5.32 Å². The first-order chi connectivity index (χ1) is 10.0. The Kier molecular flexibility index (Phi) is 5.45. The fraction of sp³-hybridized carbons (Fsp3) is 0.250. The molecule has 0 amide bonds. The van der Waals surface area contributed by atoms with Gasteiger partial charge in [0.2, 0.25) is 0 Å². The second-order valence-electron chi connectivity index (χ2n) is 4.74. The van der Waals surface area contributed by atoms with Crippen LogP contribution in [0.3, 0.4) is 0 Å². The van der Waals surface area contributed by atoms with Crippen LogP contribution in [-0.4, -0.2) is 7.05 Å². The Hall–Kier alpha value is -1.29. The van der Waals surface area contributed by atoms with Crippen LogP contribution in [0, 0.1) is 5.82 Å². The number of ether oxygens (including phenoxy) is 1. The third kappa shape index (κ3) is 4.10. The van der Waals surface area contributed by atoms with Crippen LogP contribution in [0.15, 0.2) is 36.4 Å². The molecule has 0 bridgehead atoms. The highest BCUT2D eigenvalue weighted by Gasteiger charge is 2.08. The van der Waals surface area contributed by atoms with Crippen molar-refractivity contribution in [2.75, 3.05) is 7.05 Å². The van der Waals surface area contributed by atoms with Crippen LogP contribution >= 0.6 is 23.2 Å². The maximum atomic E-state index is 13.1. The lowest BCUT2D eigenvalue weighted by Crippen LogP contribution is -2.12. The molecule has 0 heterocycles. The maximum Gasteiger partial charge on any atom is 0.141 e. The molecule has 0 aliphatic rings. The second kappa shape index (κ2) is 7.12. The fourth-order valence-electron chi connectivity index (χ4n) is 1.86. The van der Waals surface area contributed by atoms with Gasteiger partial charge in [-0.25, -0.2) is 4.39 Å². The van der Waals surface area contributed by atoms with Crippen LogP contribution < -0.4 is 10.1 Å². The summed E-state index contributed by atoms with van der Waals surface area (Å²) in [5, 5.41) is 3.78. The van der Waals surface area contributed by atoms with Crippen LogP contribution in [0.4, 0.5) is 4.39 Å². The average Bonchev–Trinajstić information content (AvgIpc) is 2.48. The average molecular weight is 328 g/mol. The molecule has 21 heavy (non-hydrogen) atoms. The van der Waals surface area contributed by atoms with Crippen LogP contribution in [0.2, 0.25) is 10.0 Å². The van der Waals surface area contributed by atoms with Crippen molar-refractivity contribution in [3.05, 3.63) is 63.4 Å². The molecule has 1 atom stereocenters. The van der Waals surface area contributed by atoms with Gasteiger partial charge in [-0.3, -0.25) is 0 Å². The van der Waals surface area contributed by atoms with Gasteiger partial charge in [0.05, 0.1) is 10.0 Å². The first-order valence-corrected chi connectivity index (χ1v) is 7.30. The summed E-state index contributed by atoms with van der Waals surface area (Å²) in [5.41, 5.74) is 1.87. The summed E-state index contributed by atoms with van der Waals surface area (Å²) < 4.78 is 18.7. The van der Waals surface area contributed by atoms with Gasteiger partial charge in [0.25, 0.3) is 0 Å². The summed E-state index contributed by atoms with van der Waals surface area (Å²) in [6.45, 7) is 2.33. The zero-order chi connectivity index (χ0) is 15.4. The lowest BCUT2D eigenvalue weighted by atomic mass is 10.1. The first kappa shape index (κ1) is 16.1. The molecule has 5 heteroatoms. The van der Waals surface area contributed by atoms with Gasteiger partial charge in [-0.1, -0.05) is 35.3 Å². The predicted molar refractivity (Wildman–Crippen MR) is 84.7 cm³/mol. The lowest BCUT2D eigenvalue weighted by molar-refractivity contribution is 0.306. The minimum atomic E-state index is -0.441. The highest BCUT2D eigenvalue weighted by atomic mass is 35.5. The number of nitrogens with one attached hydrogen (secondary N) is 1. The Balaban J connectivity index is 2.07. The highest BCUT2D eigenvalue weighted by Crippen LogP contribution is 2.28. The Morgan fingerprint density at radius 1 is 1.14 bits per heavy atom. The highest BCUT2D eigenvalue weighted by molar-refractivity contribution is 6.32. The summed E-state index contributed by atoms with van der Waals surface area (Å²) in [6, 6.07) is 10.4. The summed E-state index contributed by atoms with van der Waals surface area (Å²) in [7, 11) is 1.89. The molecule has 0 aromatic heterocycles. The van der Waals surface area contributed by atoms with Gasteiger partial charge in [-0.2, -0.15) is 0 Å². The number of rotatable bonds is 5. The Morgan fingerprint density at radius 2 is 1.90 bits per heavy atom. The van der Waals surface area contributed by atoms with Crippen molar-refractivity contribution in [3.63, 3.8) is 0 Å². The van der Waals surface area contributed by atoms with Gasteiger partial charge >= 0.3 is 0 Å². The normalized spacial score (nSPS) is 12.2. The molecule has 0 radical (unpaired) electrons. The smallest absolute Gasteiger partial charge is 0.141 e. The lowest BCUT2D eigenvalue weighted by Gasteiger charge is -2.13. The molecule has 0 spiro atoms. The van der Waals surface area contributed by atoms with Gasteiger partial charge in [0.15, 0.2) is 0 Å². The summed E-state index contributed by atoms with van der Waals surface area (Å²) in [4.78, 5) is 0. The fourth-order valence-corrected chi connectivity index (χ4v) is 2.31. The number of hydrogen-bond donors (Lipinski definition) is 1. The van der Waals surface area contributed by atoms with E-state index in [9.17, 15) is 4.39 Å². The summed E-state index contributed by atoms with van der Waals surface area (Å²) in [6.07, 6.45) is 0. The van der Waals surface area contributed by atoms with E-state index in [2.05, 4.69) is 5.32 Å².